The number of anilines is 1. The number of carbonyl (C=O) groups excluding carboxylic acids is 1. The molecule has 1 fully saturated rings. The molecule has 1 aromatic rings. The summed E-state index contributed by atoms with van der Waals surface area (Å²) in [4.78, 5) is 15.4. The lowest BCUT2D eigenvalue weighted by atomic mass is 9.98. The van der Waals surface area contributed by atoms with Crippen molar-refractivity contribution in [1.82, 2.24) is 4.90 Å². The van der Waals surface area contributed by atoms with E-state index in [4.69, 9.17) is 22.6 Å². The number of benzene rings is 1. The van der Waals surface area contributed by atoms with Crippen molar-refractivity contribution in [2.75, 3.05) is 17.2 Å². The number of thiocarbonyl (C=S) groups is 1. The second-order valence-electron chi connectivity index (χ2n) is 7.10. The van der Waals surface area contributed by atoms with Gasteiger partial charge in [-0.3, -0.25) is 9.69 Å². The van der Waals surface area contributed by atoms with Gasteiger partial charge in [-0.25, -0.2) is 13.6 Å². The summed E-state index contributed by atoms with van der Waals surface area (Å²) in [5.74, 6) is -0.885. The topological polar surface area (TPSA) is 108 Å². The minimum Gasteiger partial charge on any atom is -0.334 e. The molecule has 2 N–H and O–H groups in total. The van der Waals surface area contributed by atoms with Gasteiger partial charge in [0.25, 0.3) is 5.91 Å². The van der Waals surface area contributed by atoms with E-state index in [2.05, 4.69) is 0 Å². The van der Waals surface area contributed by atoms with Gasteiger partial charge in [-0.05, 0) is 57.1 Å². The summed E-state index contributed by atoms with van der Waals surface area (Å²) in [5.41, 5.74) is -3.25. The van der Waals surface area contributed by atoms with Crippen molar-refractivity contribution in [3.63, 3.8) is 0 Å². The largest absolute Gasteiger partial charge is 0.418 e. The monoisotopic (exact) mass is 448 g/mol. The fraction of sp³-hybridized carbons (Fsp3) is 0.471. The zero-order chi connectivity index (χ0) is 22.4. The third kappa shape index (κ3) is 4.36. The van der Waals surface area contributed by atoms with Gasteiger partial charge in [0.1, 0.15) is 5.54 Å². The fourth-order valence-corrected chi connectivity index (χ4v) is 4.28. The molecule has 0 bridgehead atoms. The molecule has 2 rings (SSSR count). The first kappa shape index (κ1) is 23.1. The second-order valence-corrected chi connectivity index (χ2v) is 9.20. The summed E-state index contributed by atoms with van der Waals surface area (Å²) in [7, 11) is -3.71. The molecule has 158 valence electrons. The maximum atomic E-state index is 13.5. The average Bonchev–Trinajstić information content (AvgIpc) is 2.72. The van der Waals surface area contributed by atoms with Gasteiger partial charge >= 0.3 is 6.18 Å². The summed E-state index contributed by atoms with van der Waals surface area (Å²) in [6.07, 6.45) is -4.70. The van der Waals surface area contributed by atoms with Gasteiger partial charge in [0.05, 0.1) is 28.6 Å². The lowest BCUT2D eigenvalue weighted by molar-refractivity contribution is -0.138. The number of sulfonamides is 1. The van der Waals surface area contributed by atoms with E-state index in [1.807, 2.05) is 0 Å². The van der Waals surface area contributed by atoms with E-state index < -0.39 is 38.8 Å². The summed E-state index contributed by atoms with van der Waals surface area (Å²) >= 11 is 5.34. The highest BCUT2D eigenvalue weighted by molar-refractivity contribution is 7.89. The van der Waals surface area contributed by atoms with E-state index >= 15 is 0 Å². The summed E-state index contributed by atoms with van der Waals surface area (Å²) in [6.45, 7) is 4.34. The molecule has 1 aliphatic heterocycles. The van der Waals surface area contributed by atoms with Crippen LogP contribution in [0.25, 0.3) is 0 Å². The minimum absolute atomic E-state index is 0.0460. The number of hydrogen-bond acceptors (Lipinski definition) is 5. The molecule has 0 spiro atoms. The Kier molecular flexibility index (Phi) is 6.00. The SMILES string of the molecule is Cc1c(N2C(=O)C(C)(C)N(CCCS(N)(=O)=O)C2=S)ccc(C#N)c1C(F)(F)F. The molecule has 0 aromatic heterocycles. The van der Waals surface area contributed by atoms with E-state index in [-0.39, 0.29) is 35.1 Å². The molecular weight excluding hydrogens is 429 g/mol. The van der Waals surface area contributed by atoms with Crippen LogP contribution in [-0.4, -0.2) is 42.2 Å². The Labute approximate surface area is 171 Å². The lowest BCUT2D eigenvalue weighted by Gasteiger charge is -2.29. The highest BCUT2D eigenvalue weighted by Crippen LogP contribution is 2.41. The number of primary sulfonamides is 1. The van der Waals surface area contributed by atoms with Crippen molar-refractivity contribution in [3.05, 3.63) is 28.8 Å². The first-order valence-corrected chi connectivity index (χ1v) is 10.5. The van der Waals surface area contributed by atoms with Crippen LogP contribution in [-0.2, 0) is 21.0 Å². The molecule has 0 unspecified atom stereocenters. The quantitative estimate of drug-likeness (QED) is 0.693. The predicted molar refractivity (Wildman–Crippen MR) is 104 cm³/mol. The molecule has 1 saturated heterocycles. The molecule has 7 nitrogen and oxygen atoms in total. The van der Waals surface area contributed by atoms with Gasteiger partial charge < -0.3 is 4.90 Å². The molecule has 0 aliphatic carbocycles. The Hall–Kier alpha value is -2.23. The lowest BCUT2D eigenvalue weighted by Crippen LogP contribution is -2.45. The highest BCUT2D eigenvalue weighted by atomic mass is 32.2. The second kappa shape index (κ2) is 7.55. The molecular formula is C17H19F3N4O3S2. The van der Waals surface area contributed by atoms with Crippen LogP contribution in [0.2, 0.25) is 0 Å². The van der Waals surface area contributed by atoms with Crippen molar-refractivity contribution in [2.24, 2.45) is 5.14 Å². The predicted octanol–water partition coefficient (Wildman–Crippen LogP) is 2.28. The van der Waals surface area contributed by atoms with Crippen LogP contribution in [0.5, 0.6) is 0 Å². The van der Waals surface area contributed by atoms with Gasteiger partial charge in [0, 0.05) is 6.54 Å². The minimum atomic E-state index is -4.79. The number of amides is 1. The van der Waals surface area contributed by atoms with Gasteiger partial charge in [0.2, 0.25) is 10.0 Å². The summed E-state index contributed by atoms with van der Waals surface area (Å²) < 4.78 is 62.8. The van der Waals surface area contributed by atoms with E-state index in [9.17, 15) is 26.4 Å². The smallest absolute Gasteiger partial charge is 0.334 e. The van der Waals surface area contributed by atoms with Crippen LogP contribution >= 0.6 is 12.2 Å². The number of rotatable bonds is 5. The van der Waals surface area contributed by atoms with Crippen molar-refractivity contribution < 1.29 is 26.4 Å². The van der Waals surface area contributed by atoms with Gasteiger partial charge in [0.15, 0.2) is 5.11 Å². The van der Waals surface area contributed by atoms with Crippen LogP contribution in [0.3, 0.4) is 0 Å². The van der Waals surface area contributed by atoms with Crippen LogP contribution in [0.1, 0.15) is 37.0 Å². The highest BCUT2D eigenvalue weighted by Gasteiger charge is 2.50. The zero-order valence-electron chi connectivity index (χ0n) is 15.9. The fourth-order valence-electron chi connectivity index (χ4n) is 3.25. The average molecular weight is 448 g/mol. The first-order chi connectivity index (χ1) is 13.1. The molecule has 1 aromatic carbocycles. The number of alkyl halides is 3. The van der Waals surface area contributed by atoms with Crippen molar-refractivity contribution >= 4 is 38.9 Å². The number of hydrogen-bond donors (Lipinski definition) is 1. The molecule has 12 heteroatoms. The number of nitriles is 1. The molecule has 1 heterocycles. The number of halogens is 3. The van der Waals surface area contributed by atoms with Crippen molar-refractivity contribution in [1.29, 1.82) is 5.26 Å². The summed E-state index contributed by atoms with van der Waals surface area (Å²) in [5, 5.41) is 14.0. The molecule has 29 heavy (non-hydrogen) atoms. The Morgan fingerprint density at radius 2 is 1.90 bits per heavy atom. The van der Waals surface area contributed by atoms with Gasteiger partial charge in [-0.15, -0.1) is 0 Å². The van der Waals surface area contributed by atoms with Crippen LogP contribution in [0.15, 0.2) is 12.1 Å². The standard InChI is InChI=1S/C17H19F3N4O3S2/c1-10-12(6-5-11(9-21)13(10)17(18,19)20)24-14(25)16(2,3)23(15(24)28)7-4-8-29(22,26)27/h5-6H,4,7-8H2,1-3H3,(H2,22,26,27). The third-order valence-electron chi connectivity index (χ3n) is 4.72. The molecule has 0 radical (unpaired) electrons. The molecule has 0 atom stereocenters. The van der Waals surface area contributed by atoms with Crippen LogP contribution in [0, 0.1) is 18.3 Å². The van der Waals surface area contributed by atoms with Crippen LogP contribution in [0.4, 0.5) is 18.9 Å². The summed E-state index contributed by atoms with van der Waals surface area (Å²) in [6, 6.07) is 3.76. The molecule has 0 saturated carbocycles. The zero-order valence-corrected chi connectivity index (χ0v) is 17.5. The van der Waals surface area contributed by atoms with E-state index in [1.54, 1.807) is 13.8 Å². The normalized spacial score (nSPS) is 17.0. The van der Waals surface area contributed by atoms with Crippen LogP contribution < -0.4 is 10.0 Å². The van der Waals surface area contributed by atoms with Gasteiger partial charge in [-0.2, -0.15) is 18.4 Å². The van der Waals surface area contributed by atoms with Gasteiger partial charge in [-0.1, -0.05) is 0 Å². The third-order valence-corrected chi connectivity index (χ3v) is 5.98. The Balaban J connectivity index is 2.50. The Morgan fingerprint density at radius 3 is 2.38 bits per heavy atom. The first-order valence-electron chi connectivity index (χ1n) is 8.40. The van der Waals surface area contributed by atoms with E-state index in [0.717, 1.165) is 11.0 Å². The Morgan fingerprint density at radius 1 is 1.31 bits per heavy atom. The Bertz CT molecular complexity index is 1010. The number of carbonyl (C=O) groups is 1. The van der Waals surface area contributed by atoms with E-state index in [0.29, 0.717) is 0 Å². The van der Waals surface area contributed by atoms with Crippen molar-refractivity contribution in [2.45, 2.75) is 38.9 Å². The number of nitrogens with zero attached hydrogens (tertiary/aromatic N) is 3. The maximum absolute atomic E-state index is 13.5. The van der Waals surface area contributed by atoms with Crippen molar-refractivity contribution in [3.8, 4) is 6.07 Å². The van der Waals surface area contributed by atoms with E-state index in [1.165, 1.54) is 24.0 Å². The molecule has 1 amide bonds. The number of nitrogens with two attached hydrogens (primary N) is 1. The maximum Gasteiger partial charge on any atom is 0.418 e. The molecule has 1 aliphatic rings.